The van der Waals surface area contributed by atoms with Crippen molar-refractivity contribution in [1.82, 2.24) is 9.80 Å². The highest BCUT2D eigenvalue weighted by atomic mass is 35.5. The highest BCUT2D eigenvalue weighted by Gasteiger charge is 2.26. The Balaban J connectivity index is 2.03. The molecule has 1 amide bonds. The summed E-state index contributed by atoms with van der Waals surface area (Å²) < 4.78 is 13.8. The Labute approximate surface area is 124 Å². The molecule has 110 valence electrons. The van der Waals surface area contributed by atoms with E-state index in [1.54, 1.807) is 12.1 Å². The van der Waals surface area contributed by atoms with Gasteiger partial charge in [0.15, 0.2) is 0 Å². The molecule has 1 saturated heterocycles. The predicted molar refractivity (Wildman–Crippen MR) is 78.2 cm³/mol. The van der Waals surface area contributed by atoms with Crippen LogP contribution in [0.15, 0.2) is 18.2 Å². The van der Waals surface area contributed by atoms with Crippen LogP contribution in [0.1, 0.15) is 25.3 Å². The number of carbonyl (C=O) groups is 1. The van der Waals surface area contributed by atoms with E-state index in [2.05, 4.69) is 0 Å². The Morgan fingerprint density at radius 2 is 2.10 bits per heavy atom. The monoisotopic (exact) mass is 298 g/mol. The molecular weight excluding hydrogens is 279 g/mol. The number of carbonyl (C=O) groups excluding carboxylic acids is 1. The summed E-state index contributed by atoms with van der Waals surface area (Å²) >= 11 is 6.02. The van der Waals surface area contributed by atoms with Crippen molar-refractivity contribution in [3.63, 3.8) is 0 Å². The van der Waals surface area contributed by atoms with Crippen LogP contribution >= 0.6 is 11.6 Å². The van der Waals surface area contributed by atoms with E-state index in [9.17, 15) is 9.18 Å². The van der Waals surface area contributed by atoms with E-state index in [4.69, 9.17) is 11.6 Å². The van der Waals surface area contributed by atoms with Crippen LogP contribution in [0.5, 0.6) is 0 Å². The number of benzene rings is 1. The molecule has 0 N–H and O–H groups in total. The van der Waals surface area contributed by atoms with E-state index in [1.165, 1.54) is 6.07 Å². The van der Waals surface area contributed by atoms with E-state index in [-0.39, 0.29) is 17.8 Å². The van der Waals surface area contributed by atoms with Crippen molar-refractivity contribution in [2.45, 2.75) is 32.4 Å². The number of rotatable bonds is 4. The van der Waals surface area contributed by atoms with Crippen LogP contribution in [0, 0.1) is 5.82 Å². The minimum absolute atomic E-state index is 0.109. The first-order valence-electron chi connectivity index (χ1n) is 6.92. The molecule has 1 unspecified atom stereocenters. The van der Waals surface area contributed by atoms with Gasteiger partial charge in [0, 0.05) is 30.2 Å². The van der Waals surface area contributed by atoms with Crippen molar-refractivity contribution in [2.24, 2.45) is 0 Å². The predicted octanol–water partition coefficient (Wildman–Crippen LogP) is 2.92. The molecule has 0 aromatic heterocycles. The summed E-state index contributed by atoms with van der Waals surface area (Å²) in [6.45, 7) is 3.84. The zero-order chi connectivity index (χ0) is 14.7. The number of halogens is 2. The Hall–Kier alpha value is -1.13. The molecular formula is C15H20ClFN2O. The lowest BCUT2D eigenvalue weighted by atomic mass is 10.1. The second kappa shape index (κ2) is 6.55. The molecule has 1 aliphatic rings. The number of hydrogen-bond donors (Lipinski definition) is 0. The summed E-state index contributed by atoms with van der Waals surface area (Å²) in [4.78, 5) is 16.0. The normalized spacial score (nSPS) is 16.8. The molecule has 0 aliphatic carbocycles. The Bertz CT molecular complexity index is 469. The second-order valence-electron chi connectivity index (χ2n) is 5.32. The van der Waals surface area contributed by atoms with E-state index in [0.717, 1.165) is 25.9 Å². The molecule has 1 aromatic carbocycles. The fraction of sp³-hybridized carbons (Fsp3) is 0.533. The quantitative estimate of drug-likeness (QED) is 0.853. The Morgan fingerprint density at radius 1 is 1.45 bits per heavy atom. The van der Waals surface area contributed by atoms with Gasteiger partial charge in [0.1, 0.15) is 5.82 Å². The summed E-state index contributed by atoms with van der Waals surface area (Å²) in [6.07, 6.45) is 2.14. The highest BCUT2D eigenvalue weighted by Crippen LogP contribution is 2.21. The lowest BCUT2D eigenvalue weighted by Crippen LogP contribution is -2.44. The van der Waals surface area contributed by atoms with Gasteiger partial charge in [-0.3, -0.25) is 9.69 Å². The molecule has 0 radical (unpaired) electrons. The molecule has 5 heteroatoms. The molecule has 1 heterocycles. The van der Waals surface area contributed by atoms with Crippen LogP contribution in [0.2, 0.25) is 5.02 Å². The molecule has 0 saturated carbocycles. The molecule has 0 spiro atoms. The van der Waals surface area contributed by atoms with Crippen molar-refractivity contribution in [1.29, 1.82) is 0 Å². The molecule has 1 fully saturated rings. The SMILES string of the molecule is CC(C(=O)N1CCCC1)N(C)Cc1c(F)cccc1Cl. The number of hydrogen-bond acceptors (Lipinski definition) is 2. The van der Waals surface area contributed by atoms with Gasteiger partial charge < -0.3 is 4.90 Å². The van der Waals surface area contributed by atoms with Gasteiger partial charge in [-0.25, -0.2) is 4.39 Å². The molecule has 1 atom stereocenters. The van der Waals surface area contributed by atoms with Crippen molar-refractivity contribution in [3.05, 3.63) is 34.6 Å². The number of likely N-dealkylation sites (N-methyl/N-ethyl adjacent to an activating group) is 1. The first-order chi connectivity index (χ1) is 9.50. The largest absolute Gasteiger partial charge is 0.341 e. The van der Waals surface area contributed by atoms with Crippen molar-refractivity contribution in [2.75, 3.05) is 20.1 Å². The van der Waals surface area contributed by atoms with Gasteiger partial charge >= 0.3 is 0 Å². The van der Waals surface area contributed by atoms with Crippen molar-refractivity contribution in [3.8, 4) is 0 Å². The summed E-state index contributed by atoms with van der Waals surface area (Å²) in [7, 11) is 1.82. The zero-order valence-electron chi connectivity index (χ0n) is 11.9. The third-order valence-corrected chi connectivity index (χ3v) is 4.26. The molecule has 1 aliphatic heterocycles. The van der Waals surface area contributed by atoms with Crippen LogP contribution in [-0.4, -0.2) is 41.9 Å². The van der Waals surface area contributed by atoms with Gasteiger partial charge in [-0.15, -0.1) is 0 Å². The lowest BCUT2D eigenvalue weighted by Gasteiger charge is -2.28. The van der Waals surface area contributed by atoms with Gasteiger partial charge in [0.25, 0.3) is 0 Å². The molecule has 20 heavy (non-hydrogen) atoms. The van der Waals surface area contributed by atoms with Crippen LogP contribution < -0.4 is 0 Å². The third-order valence-electron chi connectivity index (χ3n) is 3.91. The van der Waals surface area contributed by atoms with Gasteiger partial charge in [-0.05, 0) is 38.9 Å². The van der Waals surface area contributed by atoms with E-state index < -0.39 is 0 Å². The summed E-state index contributed by atoms with van der Waals surface area (Å²) in [6, 6.07) is 4.37. The van der Waals surface area contributed by atoms with Gasteiger partial charge in [-0.1, -0.05) is 17.7 Å². The van der Waals surface area contributed by atoms with E-state index >= 15 is 0 Å². The van der Waals surface area contributed by atoms with Crippen LogP contribution in [0.25, 0.3) is 0 Å². The highest BCUT2D eigenvalue weighted by molar-refractivity contribution is 6.31. The molecule has 1 aromatic rings. The summed E-state index contributed by atoms with van der Waals surface area (Å²) in [5.41, 5.74) is 0.442. The van der Waals surface area contributed by atoms with Crippen molar-refractivity contribution >= 4 is 17.5 Å². The lowest BCUT2D eigenvalue weighted by molar-refractivity contribution is -0.135. The number of likely N-dealkylation sites (tertiary alicyclic amines) is 1. The smallest absolute Gasteiger partial charge is 0.239 e. The van der Waals surface area contributed by atoms with Gasteiger partial charge in [-0.2, -0.15) is 0 Å². The second-order valence-corrected chi connectivity index (χ2v) is 5.73. The number of amides is 1. The summed E-state index contributed by atoms with van der Waals surface area (Å²) in [5, 5.41) is 0.401. The van der Waals surface area contributed by atoms with Crippen LogP contribution in [0.4, 0.5) is 4.39 Å². The standard InChI is InChI=1S/C15H20ClFN2O/c1-11(15(20)19-8-3-4-9-19)18(2)10-12-13(16)6-5-7-14(12)17/h5-7,11H,3-4,8-10H2,1-2H3. The maximum atomic E-state index is 13.8. The maximum absolute atomic E-state index is 13.8. The number of nitrogens with zero attached hydrogens (tertiary/aromatic N) is 2. The average Bonchev–Trinajstić information content (AvgIpc) is 2.95. The van der Waals surface area contributed by atoms with E-state index in [0.29, 0.717) is 17.1 Å². The maximum Gasteiger partial charge on any atom is 0.239 e. The fourth-order valence-electron chi connectivity index (χ4n) is 2.46. The van der Waals surface area contributed by atoms with Crippen molar-refractivity contribution < 1.29 is 9.18 Å². The first kappa shape index (κ1) is 15.3. The molecule has 2 rings (SSSR count). The zero-order valence-corrected chi connectivity index (χ0v) is 12.7. The third kappa shape index (κ3) is 3.30. The van der Waals surface area contributed by atoms with Crippen LogP contribution in [0.3, 0.4) is 0 Å². The Morgan fingerprint density at radius 3 is 2.70 bits per heavy atom. The van der Waals surface area contributed by atoms with Gasteiger partial charge in [0.2, 0.25) is 5.91 Å². The summed E-state index contributed by atoms with van der Waals surface area (Å²) in [5.74, 6) is -0.220. The first-order valence-corrected chi connectivity index (χ1v) is 7.30. The minimum atomic E-state index is -0.329. The molecule has 0 bridgehead atoms. The molecule has 3 nitrogen and oxygen atoms in total. The topological polar surface area (TPSA) is 23.6 Å². The van der Waals surface area contributed by atoms with Crippen LogP contribution in [-0.2, 0) is 11.3 Å². The fourth-order valence-corrected chi connectivity index (χ4v) is 2.68. The Kier molecular flexibility index (Phi) is 5.00. The average molecular weight is 299 g/mol. The van der Waals surface area contributed by atoms with Gasteiger partial charge in [0.05, 0.1) is 6.04 Å². The minimum Gasteiger partial charge on any atom is -0.341 e. The van der Waals surface area contributed by atoms with E-state index in [1.807, 2.05) is 23.8 Å².